The van der Waals surface area contributed by atoms with Crippen LogP contribution < -0.4 is 5.32 Å². The summed E-state index contributed by atoms with van der Waals surface area (Å²) in [5.41, 5.74) is 2.27. The summed E-state index contributed by atoms with van der Waals surface area (Å²) >= 11 is 1.74. The van der Waals surface area contributed by atoms with E-state index in [9.17, 15) is 0 Å². The molecule has 0 radical (unpaired) electrons. The number of nitrogens with one attached hydrogen (secondary N) is 1. The molecule has 1 atom stereocenters. The first-order valence-corrected chi connectivity index (χ1v) is 7.91. The Bertz CT molecular complexity index is 525. The number of rotatable bonds is 7. The number of hydrogen-bond donors (Lipinski definition) is 1. The zero-order valence-electron chi connectivity index (χ0n) is 12.3. The lowest BCUT2D eigenvalue weighted by atomic mass is 10.1. The van der Waals surface area contributed by atoms with Crippen LogP contribution in [0.5, 0.6) is 0 Å². The molecule has 1 heterocycles. The molecule has 1 aromatic heterocycles. The summed E-state index contributed by atoms with van der Waals surface area (Å²) < 4.78 is 5.91. The van der Waals surface area contributed by atoms with E-state index in [4.69, 9.17) is 9.72 Å². The van der Waals surface area contributed by atoms with Gasteiger partial charge in [-0.3, -0.25) is 0 Å². The maximum absolute atomic E-state index is 5.91. The van der Waals surface area contributed by atoms with Crippen LogP contribution in [0.1, 0.15) is 41.1 Å². The highest BCUT2D eigenvalue weighted by atomic mass is 32.1. The van der Waals surface area contributed by atoms with Crippen LogP contribution in [0.4, 0.5) is 0 Å². The molecule has 2 rings (SSSR count). The standard InChI is InChI=1S/C16H22N2OS/c1-4-17-11-14-12(3)18-16(20-14)15(19-5-2)13-9-7-6-8-10-13/h6-10,15,17H,4-5,11H2,1-3H3. The van der Waals surface area contributed by atoms with Crippen molar-refractivity contribution >= 4 is 11.3 Å². The number of thiazole rings is 1. The predicted octanol–water partition coefficient (Wildman–Crippen LogP) is 3.69. The summed E-state index contributed by atoms with van der Waals surface area (Å²) in [6.07, 6.45) is -0.0553. The van der Waals surface area contributed by atoms with Gasteiger partial charge >= 0.3 is 0 Å². The lowest BCUT2D eigenvalue weighted by molar-refractivity contribution is 0.0911. The Labute approximate surface area is 125 Å². The van der Waals surface area contributed by atoms with Crippen LogP contribution in [0, 0.1) is 6.92 Å². The van der Waals surface area contributed by atoms with Gasteiger partial charge in [-0.25, -0.2) is 4.98 Å². The average molecular weight is 290 g/mol. The Morgan fingerprint density at radius 2 is 2.00 bits per heavy atom. The Kier molecular flexibility index (Phi) is 5.71. The summed E-state index contributed by atoms with van der Waals surface area (Å²) in [6.45, 7) is 8.75. The fourth-order valence-electron chi connectivity index (χ4n) is 2.07. The van der Waals surface area contributed by atoms with Crippen molar-refractivity contribution in [2.75, 3.05) is 13.2 Å². The SMILES string of the molecule is CCNCc1sc(C(OCC)c2ccccc2)nc1C. The number of nitrogens with zero attached hydrogens (tertiary/aromatic N) is 1. The zero-order chi connectivity index (χ0) is 14.4. The van der Waals surface area contributed by atoms with Gasteiger partial charge in [0.1, 0.15) is 11.1 Å². The van der Waals surface area contributed by atoms with E-state index in [1.807, 2.05) is 25.1 Å². The molecule has 1 aromatic carbocycles. The molecule has 3 nitrogen and oxygen atoms in total. The van der Waals surface area contributed by atoms with E-state index in [2.05, 4.69) is 31.3 Å². The van der Waals surface area contributed by atoms with Gasteiger partial charge < -0.3 is 10.1 Å². The highest BCUT2D eigenvalue weighted by Gasteiger charge is 2.19. The first-order valence-electron chi connectivity index (χ1n) is 7.09. The lowest BCUT2D eigenvalue weighted by Crippen LogP contribution is -2.11. The van der Waals surface area contributed by atoms with Crippen LogP contribution in [-0.4, -0.2) is 18.1 Å². The van der Waals surface area contributed by atoms with Gasteiger partial charge in [0.25, 0.3) is 0 Å². The molecule has 0 aliphatic heterocycles. The van der Waals surface area contributed by atoms with Crippen LogP contribution >= 0.6 is 11.3 Å². The molecule has 20 heavy (non-hydrogen) atoms. The number of ether oxygens (including phenoxy) is 1. The molecule has 0 saturated carbocycles. The summed E-state index contributed by atoms with van der Waals surface area (Å²) in [5, 5.41) is 4.40. The second-order valence-electron chi connectivity index (χ2n) is 4.59. The number of aromatic nitrogens is 1. The van der Waals surface area contributed by atoms with Crippen molar-refractivity contribution in [2.45, 2.75) is 33.4 Å². The van der Waals surface area contributed by atoms with E-state index in [0.29, 0.717) is 6.61 Å². The van der Waals surface area contributed by atoms with Crippen molar-refractivity contribution in [1.82, 2.24) is 10.3 Å². The van der Waals surface area contributed by atoms with Crippen molar-refractivity contribution in [2.24, 2.45) is 0 Å². The molecule has 0 saturated heterocycles. The first kappa shape index (κ1) is 15.2. The van der Waals surface area contributed by atoms with Gasteiger partial charge in [-0.2, -0.15) is 0 Å². The number of aryl methyl sites for hydroxylation is 1. The monoisotopic (exact) mass is 290 g/mol. The second kappa shape index (κ2) is 7.53. The Balaban J connectivity index is 2.26. The molecule has 0 fully saturated rings. The van der Waals surface area contributed by atoms with Gasteiger partial charge in [0.2, 0.25) is 0 Å². The van der Waals surface area contributed by atoms with E-state index >= 15 is 0 Å². The molecule has 2 aromatic rings. The first-order chi connectivity index (χ1) is 9.76. The van der Waals surface area contributed by atoms with Crippen molar-refractivity contribution in [3.05, 3.63) is 51.5 Å². The largest absolute Gasteiger partial charge is 0.367 e. The Hall–Kier alpha value is -1.23. The molecule has 0 spiro atoms. The summed E-state index contributed by atoms with van der Waals surface area (Å²) in [6, 6.07) is 10.3. The highest BCUT2D eigenvalue weighted by Crippen LogP contribution is 2.31. The van der Waals surface area contributed by atoms with E-state index in [0.717, 1.165) is 29.4 Å². The number of benzene rings is 1. The van der Waals surface area contributed by atoms with E-state index in [1.165, 1.54) is 4.88 Å². The molecule has 1 unspecified atom stereocenters. The lowest BCUT2D eigenvalue weighted by Gasteiger charge is -2.14. The minimum absolute atomic E-state index is 0.0553. The van der Waals surface area contributed by atoms with Gasteiger partial charge in [0.05, 0.1) is 5.69 Å². The zero-order valence-corrected chi connectivity index (χ0v) is 13.2. The van der Waals surface area contributed by atoms with Crippen molar-refractivity contribution in [1.29, 1.82) is 0 Å². The molecule has 0 amide bonds. The molecule has 4 heteroatoms. The van der Waals surface area contributed by atoms with E-state index in [-0.39, 0.29) is 6.10 Å². The third-order valence-corrected chi connectivity index (χ3v) is 4.31. The predicted molar refractivity (Wildman–Crippen MR) is 84.1 cm³/mol. The quantitative estimate of drug-likeness (QED) is 0.844. The van der Waals surface area contributed by atoms with Crippen LogP contribution in [0.25, 0.3) is 0 Å². The van der Waals surface area contributed by atoms with Crippen molar-refractivity contribution in [3.63, 3.8) is 0 Å². The Morgan fingerprint density at radius 1 is 1.25 bits per heavy atom. The molecule has 1 N–H and O–H groups in total. The van der Waals surface area contributed by atoms with Gasteiger partial charge in [-0.1, -0.05) is 37.3 Å². The topological polar surface area (TPSA) is 34.1 Å². The second-order valence-corrected chi connectivity index (χ2v) is 5.70. The van der Waals surface area contributed by atoms with E-state index < -0.39 is 0 Å². The molecule has 0 aliphatic carbocycles. The Morgan fingerprint density at radius 3 is 2.65 bits per heavy atom. The van der Waals surface area contributed by atoms with Crippen LogP contribution in [0.3, 0.4) is 0 Å². The summed E-state index contributed by atoms with van der Waals surface area (Å²) in [5.74, 6) is 0. The smallest absolute Gasteiger partial charge is 0.134 e. The van der Waals surface area contributed by atoms with Gasteiger partial charge in [-0.15, -0.1) is 11.3 Å². The highest BCUT2D eigenvalue weighted by molar-refractivity contribution is 7.11. The van der Waals surface area contributed by atoms with Crippen LogP contribution in [0.15, 0.2) is 30.3 Å². The minimum Gasteiger partial charge on any atom is -0.367 e. The summed E-state index contributed by atoms with van der Waals surface area (Å²) in [7, 11) is 0. The maximum Gasteiger partial charge on any atom is 0.134 e. The fourth-order valence-corrected chi connectivity index (χ4v) is 3.18. The third kappa shape index (κ3) is 3.66. The third-order valence-electron chi connectivity index (χ3n) is 3.10. The van der Waals surface area contributed by atoms with Crippen LogP contribution in [0.2, 0.25) is 0 Å². The molecular formula is C16H22N2OS. The molecule has 108 valence electrons. The fraction of sp³-hybridized carbons (Fsp3) is 0.438. The van der Waals surface area contributed by atoms with Gasteiger partial charge in [-0.05, 0) is 26.0 Å². The van der Waals surface area contributed by atoms with Gasteiger partial charge in [0.15, 0.2) is 0 Å². The van der Waals surface area contributed by atoms with E-state index in [1.54, 1.807) is 11.3 Å². The molecule has 0 aliphatic rings. The van der Waals surface area contributed by atoms with Crippen molar-refractivity contribution in [3.8, 4) is 0 Å². The van der Waals surface area contributed by atoms with Crippen LogP contribution in [-0.2, 0) is 11.3 Å². The van der Waals surface area contributed by atoms with Gasteiger partial charge in [0, 0.05) is 18.0 Å². The average Bonchev–Trinajstić information content (AvgIpc) is 2.84. The van der Waals surface area contributed by atoms with Crippen molar-refractivity contribution < 1.29 is 4.74 Å². The minimum atomic E-state index is -0.0553. The molecule has 0 bridgehead atoms. The maximum atomic E-state index is 5.91. The number of hydrogen-bond acceptors (Lipinski definition) is 4. The normalized spacial score (nSPS) is 12.6. The molecular weight excluding hydrogens is 268 g/mol. The summed E-state index contributed by atoms with van der Waals surface area (Å²) in [4.78, 5) is 6.01.